The van der Waals surface area contributed by atoms with Gasteiger partial charge in [0, 0.05) is 38.8 Å². The van der Waals surface area contributed by atoms with Crippen LogP contribution in [0, 0.1) is 0 Å². The van der Waals surface area contributed by atoms with Crippen LogP contribution in [0.3, 0.4) is 0 Å². The molecule has 0 bridgehead atoms. The number of para-hydroxylation sites is 1. The molecule has 0 aromatic heterocycles. The lowest BCUT2D eigenvalue weighted by atomic mass is 10.1. The Morgan fingerprint density at radius 3 is 2.48 bits per heavy atom. The number of hydrogen-bond donors (Lipinski definition) is 1. The van der Waals surface area contributed by atoms with Crippen molar-refractivity contribution >= 4 is 40.6 Å². The molecule has 2 fully saturated rings. The fourth-order valence-corrected chi connectivity index (χ4v) is 3.40. The van der Waals surface area contributed by atoms with E-state index < -0.39 is 0 Å². The van der Waals surface area contributed by atoms with Crippen molar-refractivity contribution < 1.29 is 14.4 Å². The van der Waals surface area contributed by atoms with Crippen LogP contribution in [0.15, 0.2) is 29.2 Å². The Morgan fingerprint density at radius 2 is 1.87 bits per heavy atom. The predicted octanol–water partition coefficient (Wildman–Crippen LogP) is 1.68. The molecule has 2 heterocycles. The number of carbonyl (C=O) groups is 3. The van der Waals surface area contributed by atoms with E-state index >= 15 is 0 Å². The van der Waals surface area contributed by atoms with Gasteiger partial charge in [0.05, 0.1) is 4.91 Å². The van der Waals surface area contributed by atoms with Crippen LogP contribution in [0.5, 0.6) is 0 Å². The summed E-state index contributed by atoms with van der Waals surface area (Å²) in [6.45, 7) is 4.46. The third-order valence-corrected chi connectivity index (χ3v) is 4.74. The average molecular weight is 331 g/mol. The molecule has 1 aromatic carbocycles. The largest absolute Gasteiger partial charge is 0.367 e. The van der Waals surface area contributed by atoms with E-state index in [0.29, 0.717) is 18.0 Å². The zero-order valence-corrected chi connectivity index (χ0v) is 13.6. The summed E-state index contributed by atoms with van der Waals surface area (Å²) in [5.74, 6) is -0.256. The van der Waals surface area contributed by atoms with Gasteiger partial charge in [-0.25, -0.2) is 0 Å². The van der Waals surface area contributed by atoms with E-state index in [1.807, 2.05) is 29.2 Å². The normalized spacial score (nSPS) is 20.1. The van der Waals surface area contributed by atoms with Gasteiger partial charge in [-0.3, -0.25) is 19.7 Å². The van der Waals surface area contributed by atoms with Gasteiger partial charge in [-0.1, -0.05) is 18.2 Å². The van der Waals surface area contributed by atoms with Gasteiger partial charge in [-0.2, -0.15) is 0 Å². The highest BCUT2D eigenvalue weighted by Gasteiger charge is 2.26. The summed E-state index contributed by atoms with van der Waals surface area (Å²) in [6, 6.07) is 7.77. The summed E-state index contributed by atoms with van der Waals surface area (Å²) in [5.41, 5.74) is 1.91. The number of hydrogen-bond acceptors (Lipinski definition) is 5. The van der Waals surface area contributed by atoms with Crippen LogP contribution in [-0.4, -0.2) is 48.1 Å². The van der Waals surface area contributed by atoms with Crippen molar-refractivity contribution in [2.24, 2.45) is 0 Å². The van der Waals surface area contributed by atoms with Crippen molar-refractivity contribution in [2.75, 3.05) is 31.1 Å². The van der Waals surface area contributed by atoms with E-state index in [-0.39, 0.29) is 17.1 Å². The average Bonchev–Trinajstić information content (AvgIpc) is 2.85. The minimum Gasteiger partial charge on any atom is -0.367 e. The monoisotopic (exact) mass is 331 g/mol. The molecule has 0 spiro atoms. The molecule has 0 unspecified atom stereocenters. The highest BCUT2D eigenvalue weighted by molar-refractivity contribution is 8.18. The maximum atomic E-state index is 11.7. The Balaban J connectivity index is 1.82. The Labute approximate surface area is 138 Å². The molecule has 3 amide bonds. The SMILES string of the molecule is CC(=O)N1CCN(c2ccccc2C=C2SC(=O)NC2=O)CC1. The van der Waals surface area contributed by atoms with Crippen LogP contribution >= 0.6 is 11.8 Å². The number of nitrogens with one attached hydrogen (secondary N) is 1. The molecule has 7 heteroatoms. The van der Waals surface area contributed by atoms with E-state index in [1.54, 1.807) is 13.0 Å². The van der Waals surface area contributed by atoms with Crippen molar-refractivity contribution in [3.8, 4) is 0 Å². The molecular formula is C16H17N3O3S. The molecule has 23 heavy (non-hydrogen) atoms. The molecular weight excluding hydrogens is 314 g/mol. The number of thioether (sulfide) groups is 1. The van der Waals surface area contributed by atoms with Gasteiger partial charge in [0.25, 0.3) is 11.1 Å². The van der Waals surface area contributed by atoms with Crippen molar-refractivity contribution in [3.05, 3.63) is 34.7 Å². The maximum absolute atomic E-state index is 11.7. The second kappa shape index (κ2) is 6.45. The first kappa shape index (κ1) is 15.6. The summed E-state index contributed by atoms with van der Waals surface area (Å²) >= 11 is 0.918. The van der Waals surface area contributed by atoms with Gasteiger partial charge in [-0.15, -0.1) is 0 Å². The lowest BCUT2D eigenvalue weighted by molar-refractivity contribution is -0.129. The van der Waals surface area contributed by atoms with Crippen LogP contribution in [0.2, 0.25) is 0 Å². The summed E-state index contributed by atoms with van der Waals surface area (Å²) in [7, 11) is 0. The van der Waals surface area contributed by atoms with Gasteiger partial charge in [-0.05, 0) is 29.5 Å². The molecule has 2 aliphatic rings. The number of piperazine rings is 1. The molecule has 6 nitrogen and oxygen atoms in total. The van der Waals surface area contributed by atoms with Gasteiger partial charge < -0.3 is 9.80 Å². The number of carbonyl (C=O) groups excluding carboxylic acids is 3. The number of anilines is 1. The second-order valence-electron chi connectivity index (χ2n) is 5.40. The topological polar surface area (TPSA) is 69.7 Å². The number of amides is 3. The standard InChI is InChI=1S/C16H17N3O3S/c1-11(20)18-6-8-19(9-7-18)13-5-3-2-4-12(13)10-14-15(21)17-16(22)23-14/h2-5,10H,6-9H2,1H3,(H,17,21,22). The quantitative estimate of drug-likeness (QED) is 0.835. The third kappa shape index (κ3) is 3.39. The molecule has 3 rings (SSSR count). The van der Waals surface area contributed by atoms with Crippen molar-refractivity contribution in [1.82, 2.24) is 10.2 Å². The van der Waals surface area contributed by atoms with Crippen LogP contribution in [-0.2, 0) is 9.59 Å². The third-order valence-electron chi connectivity index (χ3n) is 3.93. The number of imide groups is 1. The predicted molar refractivity (Wildman–Crippen MR) is 90.0 cm³/mol. The van der Waals surface area contributed by atoms with E-state index in [2.05, 4.69) is 10.2 Å². The molecule has 0 aliphatic carbocycles. The highest BCUT2D eigenvalue weighted by atomic mass is 32.2. The second-order valence-corrected chi connectivity index (χ2v) is 6.42. The molecule has 120 valence electrons. The Morgan fingerprint density at radius 1 is 1.17 bits per heavy atom. The molecule has 0 radical (unpaired) electrons. The molecule has 1 aromatic rings. The van der Waals surface area contributed by atoms with E-state index in [1.165, 1.54) is 0 Å². The van der Waals surface area contributed by atoms with Crippen LogP contribution in [0.4, 0.5) is 10.5 Å². The minimum absolute atomic E-state index is 0.0950. The maximum Gasteiger partial charge on any atom is 0.290 e. The van der Waals surface area contributed by atoms with Crippen LogP contribution in [0.1, 0.15) is 12.5 Å². The van der Waals surface area contributed by atoms with Crippen molar-refractivity contribution in [3.63, 3.8) is 0 Å². The Bertz CT molecular complexity index is 694. The van der Waals surface area contributed by atoms with Crippen molar-refractivity contribution in [1.29, 1.82) is 0 Å². The molecule has 0 atom stereocenters. The smallest absolute Gasteiger partial charge is 0.290 e. The summed E-state index contributed by atoms with van der Waals surface area (Å²) in [5, 5.41) is 1.92. The number of benzene rings is 1. The molecule has 2 saturated heterocycles. The minimum atomic E-state index is -0.351. The summed E-state index contributed by atoms with van der Waals surface area (Å²) in [4.78, 5) is 38.9. The first-order valence-electron chi connectivity index (χ1n) is 7.39. The molecule has 1 N–H and O–H groups in total. The fraction of sp³-hybridized carbons (Fsp3) is 0.312. The number of rotatable bonds is 2. The molecule has 0 saturated carbocycles. The summed E-state index contributed by atoms with van der Waals surface area (Å²) < 4.78 is 0. The molecule has 2 aliphatic heterocycles. The fourth-order valence-electron chi connectivity index (χ4n) is 2.72. The number of nitrogens with zero attached hydrogens (tertiary/aromatic N) is 2. The first-order chi connectivity index (χ1) is 11.0. The highest BCUT2D eigenvalue weighted by Crippen LogP contribution is 2.30. The van der Waals surface area contributed by atoms with Crippen molar-refractivity contribution in [2.45, 2.75) is 6.92 Å². The summed E-state index contributed by atoms with van der Waals surface area (Å²) in [6.07, 6.45) is 1.75. The lowest BCUT2D eigenvalue weighted by Crippen LogP contribution is -2.48. The van der Waals surface area contributed by atoms with Crippen LogP contribution < -0.4 is 10.2 Å². The lowest BCUT2D eigenvalue weighted by Gasteiger charge is -2.36. The van der Waals surface area contributed by atoms with Gasteiger partial charge in [0.2, 0.25) is 5.91 Å². The zero-order chi connectivity index (χ0) is 16.4. The van der Waals surface area contributed by atoms with E-state index in [0.717, 1.165) is 36.1 Å². The van der Waals surface area contributed by atoms with Gasteiger partial charge in [0.1, 0.15) is 0 Å². The first-order valence-corrected chi connectivity index (χ1v) is 8.20. The van der Waals surface area contributed by atoms with Gasteiger partial charge in [0.15, 0.2) is 0 Å². The van der Waals surface area contributed by atoms with Crippen LogP contribution in [0.25, 0.3) is 6.08 Å². The Hall–Kier alpha value is -2.28. The van der Waals surface area contributed by atoms with E-state index in [4.69, 9.17) is 0 Å². The van der Waals surface area contributed by atoms with Gasteiger partial charge >= 0.3 is 0 Å². The Kier molecular flexibility index (Phi) is 4.38. The zero-order valence-electron chi connectivity index (χ0n) is 12.7. The van der Waals surface area contributed by atoms with E-state index in [9.17, 15) is 14.4 Å².